The lowest BCUT2D eigenvalue weighted by molar-refractivity contribution is 0.0743. The van der Waals surface area contributed by atoms with Crippen molar-refractivity contribution < 1.29 is 4.74 Å². The summed E-state index contributed by atoms with van der Waals surface area (Å²) in [7, 11) is 0. The van der Waals surface area contributed by atoms with Crippen molar-refractivity contribution in [3.63, 3.8) is 0 Å². The normalized spacial score (nSPS) is 28.4. The van der Waals surface area contributed by atoms with Gasteiger partial charge in [0.1, 0.15) is 0 Å². The Morgan fingerprint density at radius 3 is 2.65 bits per heavy atom. The zero-order chi connectivity index (χ0) is 11.9. The summed E-state index contributed by atoms with van der Waals surface area (Å²) in [4.78, 5) is 5.14. The Labute approximate surface area is 105 Å². The van der Waals surface area contributed by atoms with Gasteiger partial charge in [-0.1, -0.05) is 0 Å². The summed E-state index contributed by atoms with van der Waals surface area (Å²) >= 11 is 0. The van der Waals surface area contributed by atoms with Crippen LogP contribution in [0.3, 0.4) is 0 Å². The molecule has 0 bridgehead atoms. The minimum absolute atomic E-state index is 0.505. The van der Waals surface area contributed by atoms with E-state index in [0.717, 1.165) is 26.1 Å². The molecule has 0 aliphatic carbocycles. The van der Waals surface area contributed by atoms with E-state index in [9.17, 15) is 0 Å². The van der Waals surface area contributed by atoms with E-state index in [0.29, 0.717) is 6.10 Å². The van der Waals surface area contributed by atoms with Crippen molar-refractivity contribution in [3.05, 3.63) is 0 Å². The van der Waals surface area contributed by atoms with Crippen molar-refractivity contribution in [3.8, 4) is 0 Å². The van der Waals surface area contributed by atoms with Crippen molar-refractivity contribution in [1.82, 2.24) is 9.80 Å². The molecule has 100 valence electrons. The lowest BCUT2D eigenvalue weighted by Crippen LogP contribution is -2.36. The Kier molecular flexibility index (Phi) is 5.71. The zero-order valence-corrected chi connectivity index (χ0v) is 10.9. The number of rotatable bonds is 5. The molecule has 2 saturated heterocycles. The van der Waals surface area contributed by atoms with Crippen molar-refractivity contribution in [2.24, 2.45) is 5.73 Å². The first kappa shape index (κ1) is 13.3. The van der Waals surface area contributed by atoms with Crippen LogP contribution in [-0.2, 0) is 4.74 Å². The van der Waals surface area contributed by atoms with E-state index in [4.69, 9.17) is 10.5 Å². The highest BCUT2D eigenvalue weighted by molar-refractivity contribution is 4.75. The third kappa shape index (κ3) is 4.54. The Morgan fingerprint density at radius 2 is 1.88 bits per heavy atom. The molecule has 0 saturated carbocycles. The standard InChI is InChI=1S/C13H27N3O/c14-5-2-6-15-7-3-8-16(10-9-15)12-13-4-1-11-17-13/h13H,1-12,14H2. The van der Waals surface area contributed by atoms with Crippen LogP contribution < -0.4 is 5.73 Å². The van der Waals surface area contributed by atoms with E-state index in [2.05, 4.69) is 9.80 Å². The van der Waals surface area contributed by atoms with Crippen LogP contribution in [0, 0.1) is 0 Å². The molecule has 0 aromatic heterocycles. The lowest BCUT2D eigenvalue weighted by Gasteiger charge is -2.23. The van der Waals surface area contributed by atoms with E-state index >= 15 is 0 Å². The molecule has 4 nitrogen and oxygen atoms in total. The van der Waals surface area contributed by atoms with Crippen LogP contribution in [-0.4, -0.2) is 68.3 Å². The van der Waals surface area contributed by atoms with E-state index in [1.165, 1.54) is 52.0 Å². The van der Waals surface area contributed by atoms with Crippen LogP contribution in [0.15, 0.2) is 0 Å². The van der Waals surface area contributed by atoms with Gasteiger partial charge in [-0.2, -0.15) is 0 Å². The van der Waals surface area contributed by atoms with Crippen LogP contribution in [0.4, 0.5) is 0 Å². The largest absolute Gasteiger partial charge is 0.377 e. The SMILES string of the molecule is NCCCN1CCCN(CC2CCCO2)CC1. The number of hydrogen-bond acceptors (Lipinski definition) is 4. The van der Waals surface area contributed by atoms with Crippen LogP contribution in [0.1, 0.15) is 25.7 Å². The Morgan fingerprint density at radius 1 is 1.06 bits per heavy atom. The Hall–Kier alpha value is -0.160. The van der Waals surface area contributed by atoms with Gasteiger partial charge in [-0.3, -0.25) is 4.90 Å². The predicted octanol–water partition coefficient (Wildman–Crippen LogP) is 0.522. The van der Waals surface area contributed by atoms with Crippen LogP contribution >= 0.6 is 0 Å². The summed E-state index contributed by atoms with van der Waals surface area (Å²) in [6.07, 6.45) is 5.43. The molecule has 4 heteroatoms. The summed E-state index contributed by atoms with van der Waals surface area (Å²) in [6, 6.07) is 0. The van der Waals surface area contributed by atoms with Gasteiger partial charge in [0.2, 0.25) is 0 Å². The van der Waals surface area contributed by atoms with Gasteiger partial charge in [0.05, 0.1) is 6.10 Å². The van der Waals surface area contributed by atoms with Crippen LogP contribution in [0.25, 0.3) is 0 Å². The lowest BCUT2D eigenvalue weighted by atomic mass is 10.2. The maximum atomic E-state index is 5.72. The topological polar surface area (TPSA) is 41.7 Å². The maximum absolute atomic E-state index is 5.72. The number of ether oxygens (including phenoxy) is 1. The zero-order valence-electron chi connectivity index (χ0n) is 10.9. The Bertz CT molecular complexity index is 207. The molecule has 1 unspecified atom stereocenters. The summed E-state index contributed by atoms with van der Waals surface area (Å²) in [5.74, 6) is 0. The van der Waals surface area contributed by atoms with E-state index < -0.39 is 0 Å². The first-order chi connectivity index (χ1) is 8.38. The minimum Gasteiger partial charge on any atom is -0.377 e. The molecular formula is C13H27N3O. The van der Waals surface area contributed by atoms with Gasteiger partial charge in [-0.25, -0.2) is 0 Å². The second-order valence-corrected chi connectivity index (χ2v) is 5.27. The molecule has 0 amide bonds. The molecule has 0 aromatic carbocycles. The quantitative estimate of drug-likeness (QED) is 0.762. The fourth-order valence-electron chi connectivity index (χ4n) is 2.82. The number of hydrogen-bond donors (Lipinski definition) is 1. The highest BCUT2D eigenvalue weighted by atomic mass is 16.5. The van der Waals surface area contributed by atoms with Crippen molar-refractivity contribution in [1.29, 1.82) is 0 Å². The molecule has 2 aliphatic heterocycles. The van der Waals surface area contributed by atoms with Gasteiger partial charge >= 0.3 is 0 Å². The highest BCUT2D eigenvalue weighted by Gasteiger charge is 2.21. The fraction of sp³-hybridized carbons (Fsp3) is 1.00. The number of nitrogens with two attached hydrogens (primary N) is 1. The van der Waals surface area contributed by atoms with Gasteiger partial charge in [0, 0.05) is 26.2 Å². The van der Waals surface area contributed by atoms with Crippen molar-refractivity contribution in [2.75, 3.05) is 52.4 Å². The van der Waals surface area contributed by atoms with Crippen molar-refractivity contribution in [2.45, 2.75) is 31.8 Å². The predicted molar refractivity (Wildman–Crippen MR) is 70.1 cm³/mol. The molecule has 0 radical (unpaired) electrons. The summed E-state index contributed by atoms with van der Waals surface area (Å²) in [6.45, 7) is 8.98. The fourth-order valence-corrected chi connectivity index (χ4v) is 2.82. The first-order valence-electron chi connectivity index (χ1n) is 7.15. The van der Waals surface area contributed by atoms with Gasteiger partial charge in [-0.05, 0) is 51.9 Å². The molecule has 1 atom stereocenters. The smallest absolute Gasteiger partial charge is 0.0702 e. The molecule has 2 aliphatic rings. The van der Waals surface area contributed by atoms with E-state index in [1.54, 1.807) is 0 Å². The first-order valence-corrected chi connectivity index (χ1v) is 7.15. The summed E-state index contributed by atoms with van der Waals surface area (Å²) in [5.41, 5.74) is 5.57. The molecular weight excluding hydrogens is 214 g/mol. The highest BCUT2D eigenvalue weighted by Crippen LogP contribution is 2.14. The second-order valence-electron chi connectivity index (χ2n) is 5.27. The van der Waals surface area contributed by atoms with E-state index in [1.807, 2.05) is 0 Å². The van der Waals surface area contributed by atoms with Crippen LogP contribution in [0.5, 0.6) is 0 Å². The van der Waals surface area contributed by atoms with Gasteiger partial charge < -0.3 is 15.4 Å². The van der Waals surface area contributed by atoms with Gasteiger partial charge in [0.25, 0.3) is 0 Å². The molecule has 0 aromatic rings. The minimum atomic E-state index is 0.505. The van der Waals surface area contributed by atoms with E-state index in [-0.39, 0.29) is 0 Å². The molecule has 17 heavy (non-hydrogen) atoms. The summed E-state index contributed by atoms with van der Waals surface area (Å²) in [5, 5.41) is 0. The molecule has 2 fully saturated rings. The van der Waals surface area contributed by atoms with Crippen molar-refractivity contribution >= 4 is 0 Å². The van der Waals surface area contributed by atoms with Gasteiger partial charge in [-0.15, -0.1) is 0 Å². The maximum Gasteiger partial charge on any atom is 0.0702 e. The monoisotopic (exact) mass is 241 g/mol. The average Bonchev–Trinajstić information content (AvgIpc) is 2.74. The third-order valence-corrected chi connectivity index (χ3v) is 3.85. The number of nitrogens with zero attached hydrogens (tertiary/aromatic N) is 2. The molecule has 2 rings (SSSR count). The van der Waals surface area contributed by atoms with Gasteiger partial charge in [0.15, 0.2) is 0 Å². The molecule has 2 N–H and O–H groups in total. The Balaban J connectivity index is 1.67. The third-order valence-electron chi connectivity index (χ3n) is 3.85. The van der Waals surface area contributed by atoms with Crippen LogP contribution in [0.2, 0.25) is 0 Å². The second kappa shape index (κ2) is 7.31. The summed E-state index contributed by atoms with van der Waals surface area (Å²) < 4.78 is 5.72. The molecule has 0 spiro atoms. The average molecular weight is 241 g/mol. The molecule has 2 heterocycles.